The highest BCUT2D eigenvalue weighted by Crippen LogP contribution is 2.40. The van der Waals surface area contributed by atoms with Gasteiger partial charge in [-0.25, -0.2) is 4.98 Å². The van der Waals surface area contributed by atoms with Crippen LogP contribution in [0.1, 0.15) is 11.1 Å². The zero-order chi connectivity index (χ0) is 40.7. The van der Waals surface area contributed by atoms with Gasteiger partial charge in [0.1, 0.15) is 5.52 Å². The van der Waals surface area contributed by atoms with Crippen LogP contribution in [0.5, 0.6) is 0 Å². The predicted octanol–water partition coefficient (Wildman–Crippen LogP) is 14.7. The molecule has 1 aliphatic heterocycles. The SMILES string of the molecule is c1ccc(-c2ccc3c(c2)c2cc(C4=Nc5ccccc5C4)ccc2n3-c2ccc(-n3c4ccc(-c5ccccc5)cc4c4cc(-c5nc6ccccc6o5)ccc43)cc2)cc1. The van der Waals surface area contributed by atoms with E-state index in [0.29, 0.717) is 5.89 Å². The van der Waals surface area contributed by atoms with E-state index in [0.717, 1.165) is 73.4 Å². The smallest absolute Gasteiger partial charge is 0.227 e. The molecule has 0 spiro atoms. The normalized spacial score (nSPS) is 12.5. The fourth-order valence-corrected chi connectivity index (χ4v) is 9.58. The van der Waals surface area contributed by atoms with Gasteiger partial charge in [-0.15, -0.1) is 0 Å². The van der Waals surface area contributed by atoms with Gasteiger partial charge < -0.3 is 13.6 Å². The number of para-hydroxylation sites is 3. The lowest BCUT2D eigenvalue weighted by atomic mass is 10.00. The van der Waals surface area contributed by atoms with Gasteiger partial charge in [-0.1, -0.05) is 109 Å². The summed E-state index contributed by atoms with van der Waals surface area (Å²) in [6.07, 6.45) is 0.839. The van der Waals surface area contributed by atoms with Crippen molar-refractivity contribution < 1.29 is 4.42 Å². The molecule has 0 bridgehead atoms. The Morgan fingerprint density at radius 3 is 1.42 bits per heavy atom. The van der Waals surface area contributed by atoms with E-state index >= 15 is 0 Å². The zero-order valence-corrected chi connectivity index (χ0v) is 33.5. The summed E-state index contributed by atoms with van der Waals surface area (Å²) in [4.78, 5) is 9.91. The molecule has 0 fully saturated rings. The Morgan fingerprint density at radius 2 is 0.855 bits per heavy atom. The molecule has 5 nitrogen and oxygen atoms in total. The second-order valence-electron chi connectivity index (χ2n) is 16.2. The summed E-state index contributed by atoms with van der Waals surface area (Å²) >= 11 is 0. The molecule has 0 amide bonds. The number of hydrogen-bond donors (Lipinski definition) is 0. The molecule has 0 unspecified atom stereocenters. The minimum absolute atomic E-state index is 0.619. The third kappa shape index (κ3) is 5.49. The van der Waals surface area contributed by atoms with Crippen molar-refractivity contribution in [2.75, 3.05) is 0 Å². The van der Waals surface area contributed by atoms with Crippen molar-refractivity contribution in [1.29, 1.82) is 0 Å². The van der Waals surface area contributed by atoms with E-state index in [1.165, 1.54) is 49.5 Å². The Labute approximate surface area is 357 Å². The first-order valence-corrected chi connectivity index (χ1v) is 21.1. The molecule has 0 radical (unpaired) electrons. The number of benzene rings is 9. The number of rotatable bonds is 6. The van der Waals surface area contributed by atoms with E-state index in [2.05, 4.69) is 191 Å². The van der Waals surface area contributed by atoms with E-state index in [1.807, 2.05) is 24.3 Å². The fraction of sp³-hybridized carbons (Fsp3) is 0.0175. The van der Waals surface area contributed by atoms with Crippen molar-refractivity contribution in [1.82, 2.24) is 14.1 Å². The Hall–Kier alpha value is -8.28. The summed E-state index contributed by atoms with van der Waals surface area (Å²) in [7, 11) is 0. The average molecular weight is 793 g/mol. The van der Waals surface area contributed by atoms with Crippen LogP contribution in [0.15, 0.2) is 216 Å². The molecule has 0 N–H and O–H groups in total. The van der Waals surface area contributed by atoms with Crippen LogP contribution < -0.4 is 0 Å². The molecule has 0 aliphatic carbocycles. The minimum Gasteiger partial charge on any atom is -0.436 e. The summed E-state index contributed by atoms with van der Waals surface area (Å²) in [6.45, 7) is 0. The maximum atomic E-state index is 6.26. The van der Waals surface area contributed by atoms with Crippen LogP contribution in [-0.2, 0) is 6.42 Å². The maximum absolute atomic E-state index is 6.26. The van der Waals surface area contributed by atoms with Crippen LogP contribution in [-0.4, -0.2) is 19.8 Å². The molecular weight excluding hydrogens is 757 g/mol. The van der Waals surface area contributed by atoms with Crippen molar-refractivity contribution in [2.24, 2.45) is 4.99 Å². The van der Waals surface area contributed by atoms with Crippen LogP contribution in [0.4, 0.5) is 5.69 Å². The van der Waals surface area contributed by atoms with E-state index in [4.69, 9.17) is 14.4 Å². The van der Waals surface area contributed by atoms with Crippen molar-refractivity contribution >= 4 is 66.1 Å². The van der Waals surface area contributed by atoms with Crippen molar-refractivity contribution in [3.63, 3.8) is 0 Å². The first-order chi connectivity index (χ1) is 30.7. The quantitative estimate of drug-likeness (QED) is 0.168. The van der Waals surface area contributed by atoms with Gasteiger partial charge in [0.15, 0.2) is 5.58 Å². The molecule has 290 valence electrons. The standard InChI is InChI=1S/C57H36N4O/c1-3-11-36(12-4-1)38-19-27-52-45(31-38)47-33-41(51-35-40-15-7-8-16-49(40)58-51)21-29-54(47)60(52)43-23-25-44(26-24-43)61-53-28-20-39(37-13-5-2-6-14-37)32-46(53)48-34-42(22-30-55(48)61)57-59-50-17-9-10-18-56(50)62-57/h1-34H,35H2. The van der Waals surface area contributed by atoms with Crippen molar-refractivity contribution in [3.05, 3.63) is 217 Å². The van der Waals surface area contributed by atoms with Gasteiger partial charge in [-0.2, -0.15) is 0 Å². The van der Waals surface area contributed by atoms with Crippen molar-refractivity contribution in [3.8, 4) is 45.1 Å². The largest absolute Gasteiger partial charge is 0.436 e. The van der Waals surface area contributed by atoms with Crippen LogP contribution in [0.25, 0.3) is 99.8 Å². The van der Waals surface area contributed by atoms with Crippen LogP contribution in [0.2, 0.25) is 0 Å². The number of hydrogen-bond acceptors (Lipinski definition) is 3. The maximum Gasteiger partial charge on any atom is 0.227 e. The van der Waals surface area contributed by atoms with E-state index < -0.39 is 0 Å². The second-order valence-corrected chi connectivity index (χ2v) is 16.2. The molecule has 13 rings (SSSR count). The molecule has 3 aromatic heterocycles. The Balaban J connectivity index is 0.962. The zero-order valence-electron chi connectivity index (χ0n) is 33.5. The van der Waals surface area contributed by atoms with Gasteiger partial charge in [0, 0.05) is 44.9 Å². The molecule has 0 saturated heterocycles. The highest BCUT2D eigenvalue weighted by molar-refractivity contribution is 6.15. The summed E-state index contributed by atoms with van der Waals surface area (Å²) in [5, 5.41) is 4.74. The molecule has 4 heterocycles. The first kappa shape index (κ1) is 34.6. The number of fused-ring (bicyclic) bond motifs is 8. The van der Waals surface area contributed by atoms with Crippen LogP contribution in [0.3, 0.4) is 0 Å². The summed E-state index contributed by atoms with van der Waals surface area (Å²) in [6, 6.07) is 73.8. The third-order valence-electron chi connectivity index (χ3n) is 12.6. The first-order valence-electron chi connectivity index (χ1n) is 21.1. The van der Waals surface area contributed by atoms with Gasteiger partial charge in [-0.05, 0) is 130 Å². The van der Waals surface area contributed by atoms with Gasteiger partial charge in [0.25, 0.3) is 0 Å². The van der Waals surface area contributed by atoms with Crippen LogP contribution >= 0.6 is 0 Å². The molecule has 0 saturated carbocycles. The summed E-state index contributed by atoms with van der Waals surface area (Å²) in [5.41, 5.74) is 18.7. The molecule has 12 aromatic rings. The number of nitrogens with zero attached hydrogens (tertiary/aromatic N) is 4. The lowest BCUT2D eigenvalue weighted by molar-refractivity contribution is 0.620. The fourth-order valence-electron chi connectivity index (χ4n) is 9.58. The van der Waals surface area contributed by atoms with E-state index in [1.54, 1.807) is 0 Å². The molecular formula is C57H36N4O. The van der Waals surface area contributed by atoms with Gasteiger partial charge in [-0.3, -0.25) is 4.99 Å². The summed E-state index contributed by atoms with van der Waals surface area (Å²) < 4.78 is 11.0. The molecule has 1 aliphatic rings. The monoisotopic (exact) mass is 792 g/mol. The molecule has 9 aromatic carbocycles. The minimum atomic E-state index is 0.619. The third-order valence-corrected chi connectivity index (χ3v) is 12.6. The second kappa shape index (κ2) is 13.6. The topological polar surface area (TPSA) is 48.2 Å². The van der Waals surface area contributed by atoms with E-state index in [-0.39, 0.29) is 0 Å². The summed E-state index contributed by atoms with van der Waals surface area (Å²) in [5.74, 6) is 0.619. The van der Waals surface area contributed by atoms with Crippen LogP contribution in [0, 0.1) is 0 Å². The number of oxazole rings is 1. The average Bonchev–Trinajstić information content (AvgIpc) is 4.12. The Bertz CT molecular complexity index is 3730. The predicted molar refractivity (Wildman–Crippen MR) is 255 cm³/mol. The Morgan fingerprint density at radius 1 is 0.387 bits per heavy atom. The van der Waals surface area contributed by atoms with Gasteiger partial charge >= 0.3 is 0 Å². The number of aliphatic imine (C=N–C) groups is 1. The van der Waals surface area contributed by atoms with Gasteiger partial charge in [0.2, 0.25) is 5.89 Å². The molecule has 0 atom stereocenters. The lowest BCUT2D eigenvalue weighted by Crippen LogP contribution is -2.00. The Kier molecular flexibility index (Phi) is 7.60. The lowest BCUT2D eigenvalue weighted by Gasteiger charge is -2.12. The highest BCUT2D eigenvalue weighted by Gasteiger charge is 2.21. The van der Waals surface area contributed by atoms with E-state index in [9.17, 15) is 0 Å². The van der Waals surface area contributed by atoms with Gasteiger partial charge in [0.05, 0.1) is 33.5 Å². The number of aromatic nitrogens is 3. The molecule has 62 heavy (non-hydrogen) atoms. The highest BCUT2D eigenvalue weighted by atomic mass is 16.3. The van der Waals surface area contributed by atoms with Crippen molar-refractivity contribution in [2.45, 2.75) is 6.42 Å². The molecule has 5 heteroatoms.